The number of rotatable bonds is 2. The van der Waals surface area contributed by atoms with Crippen molar-refractivity contribution >= 4 is 12.9 Å². The molecule has 0 unspecified atom stereocenters. The Morgan fingerprint density at radius 2 is 1.73 bits per heavy atom. The molecule has 0 fully saturated rings. The Bertz CT molecular complexity index is 389. The Labute approximate surface area is 89.1 Å². The highest BCUT2D eigenvalue weighted by Gasteiger charge is 2.24. The molecule has 1 rings (SSSR count). The van der Waals surface area contributed by atoms with Crippen LogP contribution in [0.15, 0.2) is 24.3 Å². The molecular formula is C10H15O4P. The van der Waals surface area contributed by atoms with Gasteiger partial charge in [0.2, 0.25) is 0 Å². The maximum atomic E-state index is 11.2. The molecular weight excluding hydrogens is 215 g/mol. The molecule has 84 valence electrons. The Balaban J connectivity index is 3.14. The standard InChI is InChI=1S/C10H15O4P/c1-10(2,3)14-8-6-4-5-7-9(8)15(11,12)13/h4-7H,1-3H3,(H2,11,12,13). The molecule has 0 radical (unpaired) electrons. The van der Waals surface area contributed by atoms with Gasteiger partial charge in [-0.3, -0.25) is 4.57 Å². The molecule has 0 aliphatic rings. The molecule has 5 heteroatoms. The van der Waals surface area contributed by atoms with Gasteiger partial charge in [0.05, 0.1) is 0 Å². The highest BCUT2D eigenvalue weighted by molar-refractivity contribution is 7.60. The molecule has 0 saturated carbocycles. The average Bonchev–Trinajstić information content (AvgIpc) is 1.99. The first-order valence-corrected chi connectivity index (χ1v) is 6.15. The largest absolute Gasteiger partial charge is 0.487 e. The topological polar surface area (TPSA) is 66.8 Å². The van der Waals surface area contributed by atoms with Gasteiger partial charge in [0.15, 0.2) is 0 Å². The minimum atomic E-state index is -4.27. The van der Waals surface area contributed by atoms with Gasteiger partial charge in [-0.25, -0.2) is 0 Å². The van der Waals surface area contributed by atoms with Gasteiger partial charge in [-0.05, 0) is 32.9 Å². The molecule has 1 aromatic carbocycles. The molecule has 0 spiro atoms. The van der Waals surface area contributed by atoms with E-state index in [0.29, 0.717) is 0 Å². The van der Waals surface area contributed by atoms with E-state index in [1.165, 1.54) is 6.07 Å². The number of hydrogen-bond acceptors (Lipinski definition) is 2. The van der Waals surface area contributed by atoms with Crippen LogP contribution in [0.5, 0.6) is 5.75 Å². The first-order valence-electron chi connectivity index (χ1n) is 4.54. The first-order chi connectivity index (χ1) is 6.70. The Morgan fingerprint density at radius 1 is 1.20 bits per heavy atom. The van der Waals surface area contributed by atoms with Crippen LogP contribution in [0.4, 0.5) is 0 Å². The molecule has 2 N–H and O–H groups in total. The van der Waals surface area contributed by atoms with Crippen LogP contribution in [-0.4, -0.2) is 15.4 Å². The maximum Gasteiger partial charge on any atom is 0.359 e. The number of hydrogen-bond donors (Lipinski definition) is 2. The van der Waals surface area contributed by atoms with Gasteiger partial charge in [0, 0.05) is 0 Å². The number of para-hydroxylation sites is 1. The molecule has 15 heavy (non-hydrogen) atoms. The van der Waals surface area contributed by atoms with Crippen LogP contribution in [0, 0.1) is 0 Å². The van der Waals surface area contributed by atoms with E-state index >= 15 is 0 Å². The Kier molecular flexibility index (Phi) is 3.24. The third kappa shape index (κ3) is 3.67. The van der Waals surface area contributed by atoms with Crippen LogP contribution in [0.25, 0.3) is 0 Å². The van der Waals surface area contributed by atoms with E-state index in [0.717, 1.165) is 0 Å². The van der Waals surface area contributed by atoms with Crippen LogP contribution in [0.2, 0.25) is 0 Å². The predicted octanol–water partition coefficient (Wildman–Crippen LogP) is 1.67. The second-order valence-corrected chi connectivity index (χ2v) is 5.80. The fourth-order valence-electron chi connectivity index (χ4n) is 1.11. The molecule has 0 atom stereocenters. The SMILES string of the molecule is CC(C)(C)Oc1ccccc1P(=O)(O)O. The third-order valence-corrected chi connectivity index (χ3v) is 2.59. The van der Waals surface area contributed by atoms with Gasteiger partial charge in [0.25, 0.3) is 0 Å². The summed E-state index contributed by atoms with van der Waals surface area (Å²) in [6.07, 6.45) is 0. The fraction of sp³-hybridized carbons (Fsp3) is 0.400. The summed E-state index contributed by atoms with van der Waals surface area (Å²) in [5, 5.41) is -0.0695. The van der Waals surface area contributed by atoms with E-state index in [4.69, 9.17) is 14.5 Å². The van der Waals surface area contributed by atoms with Gasteiger partial charge >= 0.3 is 7.60 Å². The summed E-state index contributed by atoms with van der Waals surface area (Å²) in [5.41, 5.74) is -0.481. The minimum absolute atomic E-state index is 0.0695. The molecule has 0 bridgehead atoms. The molecule has 0 saturated heterocycles. The van der Waals surface area contributed by atoms with Crippen molar-refractivity contribution in [3.8, 4) is 5.75 Å². The van der Waals surface area contributed by atoms with Crippen molar-refractivity contribution in [2.75, 3.05) is 0 Å². The molecule has 0 aliphatic carbocycles. The average molecular weight is 230 g/mol. The minimum Gasteiger partial charge on any atom is -0.487 e. The van der Waals surface area contributed by atoms with Crippen molar-refractivity contribution in [3.63, 3.8) is 0 Å². The van der Waals surface area contributed by atoms with Crippen molar-refractivity contribution in [1.82, 2.24) is 0 Å². The summed E-state index contributed by atoms with van der Waals surface area (Å²) in [7, 11) is -4.27. The zero-order valence-corrected chi connectivity index (χ0v) is 9.86. The molecule has 0 aromatic heterocycles. The van der Waals surface area contributed by atoms with Crippen molar-refractivity contribution < 1.29 is 19.1 Å². The third-order valence-electron chi connectivity index (χ3n) is 1.60. The van der Waals surface area contributed by atoms with Gasteiger partial charge < -0.3 is 14.5 Å². The summed E-state index contributed by atoms with van der Waals surface area (Å²) >= 11 is 0. The van der Waals surface area contributed by atoms with Crippen molar-refractivity contribution in [2.45, 2.75) is 26.4 Å². The van der Waals surface area contributed by atoms with Crippen molar-refractivity contribution in [2.24, 2.45) is 0 Å². The van der Waals surface area contributed by atoms with Gasteiger partial charge in [-0.1, -0.05) is 12.1 Å². The second kappa shape index (κ2) is 3.97. The lowest BCUT2D eigenvalue weighted by Crippen LogP contribution is -2.26. The van der Waals surface area contributed by atoms with Gasteiger partial charge in [-0.15, -0.1) is 0 Å². The van der Waals surface area contributed by atoms with Crippen LogP contribution < -0.4 is 10.0 Å². The smallest absolute Gasteiger partial charge is 0.359 e. The van der Waals surface area contributed by atoms with E-state index < -0.39 is 13.2 Å². The van der Waals surface area contributed by atoms with Crippen LogP contribution in [0.3, 0.4) is 0 Å². The monoisotopic (exact) mass is 230 g/mol. The van der Waals surface area contributed by atoms with Gasteiger partial charge in [-0.2, -0.15) is 0 Å². The summed E-state index contributed by atoms with van der Waals surface area (Å²) < 4.78 is 16.6. The summed E-state index contributed by atoms with van der Waals surface area (Å²) in [4.78, 5) is 18.2. The fourth-order valence-corrected chi connectivity index (χ4v) is 1.80. The number of ether oxygens (including phenoxy) is 1. The molecule has 0 aliphatic heterocycles. The summed E-state index contributed by atoms with van der Waals surface area (Å²) in [6, 6.07) is 6.19. The Morgan fingerprint density at radius 3 is 2.20 bits per heavy atom. The second-order valence-electron chi connectivity index (χ2n) is 4.23. The van der Waals surface area contributed by atoms with Crippen LogP contribution >= 0.6 is 7.60 Å². The normalized spacial score (nSPS) is 12.6. The molecule has 0 amide bonds. The van der Waals surface area contributed by atoms with E-state index in [1.807, 2.05) is 20.8 Å². The van der Waals surface area contributed by atoms with E-state index in [-0.39, 0.29) is 11.1 Å². The lowest BCUT2D eigenvalue weighted by atomic mass is 10.2. The lowest BCUT2D eigenvalue weighted by Gasteiger charge is -2.23. The molecule has 1 aromatic rings. The molecule has 4 nitrogen and oxygen atoms in total. The first kappa shape index (κ1) is 12.2. The van der Waals surface area contributed by atoms with Gasteiger partial charge in [0.1, 0.15) is 16.7 Å². The zero-order chi connectivity index (χ0) is 11.7. The van der Waals surface area contributed by atoms with Crippen molar-refractivity contribution in [1.29, 1.82) is 0 Å². The van der Waals surface area contributed by atoms with Crippen LogP contribution in [-0.2, 0) is 4.57 Å². The quantitative estimate of drug-likeness (QED) is 0.758. The number of benzene rings is 1. The zero-order valence-electron chi connectivity index (χ0n) is 8.97. The van der Waals surface area contributed by atoms with E-state index in [9.17, 15) is 4.57 Å². The highest BCUT2D eigenvalue weighted by atomic mass is 31.2. The molecule has 0 heterocycles. The predicted molar refractivity (Wildman–Crippen MR) is 58.5 cm³/mol. The summed E-state index contributed by atoms with van der Waals surface area (Å²) in [5.74, 6) is 0.235. The lowest BCUT2D eigenvalue weighted by molar-refractivity contribution is 0.132. The van der Waals surface area contributed by atoms with E-state index in [1.54, 1.807) is 18.2 Å². The maximum absolute atomic E-state index is 11.2. The van der Waals surface area contributed by atoms with Crippen molar-refractivity contribution in [3.05, 3.63) is 24.3 Å². The summed E-state index contributed by atoms with van der Waals surface area (Å²) in [6.45, 7) is 5.47. The highest BCUT2D eigenvalue weighted by Crippen LogP contribution is 2.37. The van der Waals surface area contributed by atoms with E-state index in [2.05, 4.69) is 0 Å². The van der Waals surface area contributed by atoms with Crippen LogP contribution in [0.1, 0.15) is 20.8 Å². The Hall–Kier alpha value is -0.830.